The molecule has 2 aromatic carbocycles. The second-order valence-electron chi connectivity index (χ2n) is 11.4. The fourth-order valence-corrected chi connectivity index (χ4v) is 6.05. The number of rotatable bonds is 6. The van der Waals surface area contributed by atoms with E-state index < -0.39 is 35.7 Å². The number of amides is 2. The minimum atomic E-state index is -1.13. The third kappa shape index (κ3) is 5.93. The molecule has 1 saturated heterocycles. The molecule has 2 amide bonds. The zero-order valence-corrected chi connectivity index (χ0v) is 25.0. The fraction of sp³-hybridized carbons (Fsp3) is 0.412. The maximum absolute atomic E-state index is 13.8. The Morgan fingerprint density at radius 2 is 1.98 bits per heavy atom. The van der Waals surface area contributed by atoms with E-state index in [1.165, 1.54) is 4.90 Å². The first kappa shape index (κ1) is 29.5. The number of ether oxygens (including phenoxy) is 4. The molecule has 0 spiro atoms. The van der Waals surface area contributed by atoms with Gasteiger partial charge >= 0.3 is 12.1 Å². The molecule has 3 aliphatic rings. The number of nitrogens with zero attached hydrogens (tertiary/aromatic N) is 2. The van der Waals surface area contributed by atoms with Crippen LogP contribution in [0.3, 0.4) is 0 Å². The van der Waals surface area contributed by atoms with Crippen molar-refractivity contribution in [2.45, 2.75) is 56.7 Å². The molecule has 0 radical (unpaired) electrons. The van der Waals surface area contributed by atoms with Crippen molar-refractivity contribution in [3.8, 4) is 22.8 Å². The third-order valence-electron chi connectivity index (χ3n) is 8.50. The van der Waals surface area contributed by atoms with E-state index in [-0.39, 0.29) is 32.1 Å². The van der Waals surface area contributed by atoms with Gasteiger partial charge < -0.3 is 24.3 Å². The molecule has 2 fully saturated rings. The lowest BCUT2D eigenvalue weighted by molar-refractivity contribution is -0.149. The van der Waals surface area contributed by atoms with Gasteiger partial charge in [0.15, 0.2) is 0 Å². The monoisotopic (exact) mass is 599 g/mol. The molecule has 0 unspecified atom stereocenters. The number of nitrogens with one attached hydrogen (secondary N) is 1. The number of pyridine rings is 1. The van der Waals surface area contributed by atoms with Gasteiger partial charge in [-0.2, -0.15) is 0 Å². The molecule has 3 heterocycles. The van der Waals surface area contributed by atoms with Gasteiger partial charge in [-0.15, -0.1) is 0 Å². The SMILES string of the molecule is CCOC(=O)[C@@]12C[C@H]1C=CCCCCOC(=O)N1C[C@H](Oc3cc(-c4ccccc4)nc4cc(OC)ccc34)C[C@H]1C(=O)N2. The van der Waals surface area contributed by atoms with E-state index in [1.807, 2.05) is 66.7 Å². The van der Waals surface area contributed by atoms with Gasteiger partial charge in [0.1, 0.15) is 29.2 Å². The summed E-state index contributed by atoms with van der Waals surface area (Å²) in [7, 11) is 1.60. The van der Waals surface area contributed by atoms with Gasteiger partial charge in [-0.25, -0.2) is 14.6 Å². The number of aromatic nitrogens is 1. The standard InChI is InChI=1S/C34H37N3O7/c1-3-42-32(39)34-20-23(34)13-9-4-5-10-16-43-33(40)37-21-25(18-29(37)31(38)36-34)44-30-19-27(22-11-7-6-8-12-22)35-28-17-24(41-2)14-15-26(28)30/h6-9,11-15,17,19,23,25,29H,3-5,10,16,18,20-21H2,1-2H3,(H,36,38)/t23-,25-,29+,34-/m1/s1. The third-order valence-corrected chi connectivity index (χ3v) is 8.50. The number of esters is 1. The smallest absolute Gasteiger partial charge is 0.410 e. The molecule has 44 heavy (non-hydrogen) atoms. The molecule has 6 rings (SSSR count). The topological polar surface area (TPSA) is 116 Å². The molecule has 230 valence electrons. The lowest BCUT2D eigenvalue weighted by Gasteiger charge is -2.25. The second-order valence-corrected chi connectivity index (χ2v) is 11.4. The number of carbonyl (C=O) groups is 3. The van der Waals surface area contributed by atoms with Crippen molar-refractivity contribution < 1.29 is 33.3 Å². The number of fused-ring (bicyclic) bond motifs is 3. The van der Waals surface area contributed by atoms with Gasteiger partial charge in [0.25, 0.3) is 0 Å². The van der Waals surface area contributed by atoms with Crippen LogP contribution in [0.25, 0.3) is 22.2 Å². The lowest BCUT2D eigenvalue weighted by Crippen LogP contribution is -2.53. The van der Waals surface area contributed by atoms with Crippen LogP contribution in [0.1, 0.15) is 39.0 Å². The Hall–Kier alpha value is -4.60. The quantitative estimate of drug-likeness (QED) is 0.309. The fourth-order valence-electron chi connectivity index (χ4n) is 6.05. The summed E-state index contributed by atoms with van der Waals surface area (Å²) < 4.78 is 22.9. The minimum Gasteiger partial charge on any atom is -0.497 e. The van der Waals surface area contributed by atoms with Gasteiger partial charge in [-0.1, -0.05) is 42.5 Å². The number of carbonyl (C=O) groups excluding carboxylic acids is 3. The van der Waals surface area contributed by atoms with Crippen molar-refractivity contribution in [2.75, 3.05) is 26.9 Å². The molecule has 4 atom stereocenters. The van der Waals surface area contributed by atoms with Crippen LogP contribution >= 0.6 is 0 Å². The van der Waals surface area contributed by atoms with Crippen LogP contribution in [0, 0.1) is 5.92 Å². The van der Waals surface area contributed by atoms with Crippen molar-refractivity contribution in [2.24, 2.45) is 5.92 Å². The first-order chi connectivity index (χ1) is 21.4. The molecule has 1 N–H and O–H groups in total. The van der Waals surface area contributed by atoms with Gasteiger partial charge in [-0.05, 0) is 44.7 Å². The molecule has 1 aromatic heterocycles. The largest absolute Gasteiger partial charge is 0.497 e. The Morgan fingerprint density at radius 1 is 1.14 bits per heavy atom. The Morgan fingerprint density at radius 3 is 2.77 bits per heavy atom. The molecule has 2 aliphatic heterocycles. The molecular formula is C34H37N3O7. The van der Waals surface area contributed by atoms with Crippen molar-refractivity contribution >= 4 is 28.9 Å². The molecule has 1 saturated carbocycles. The first-order valence-electron chi connectivity index (χ1n) is 15.2. The summed E-state index contributed by atoms with van der Waals surface area (Å²) in [4.78, 5) is 46.4. The zero-order valence-electron chi connectivity index (χ0n) is 25.0. The first-order valence-corrected chi connectivity index (χ1v) is 15.2. The Bertz CT molecular complexity index is 1580. The summed E-state index contributed by atoms with van der Waals surface area (Å²) in [5, 5.41) is 3.74. The Balaban J connectivity index is 1.30. The number of hydrogen-bond acceptors (Lipinski definition) is 8. The van der Waals surface area contributed by atoms with Crippen LogP contribution in [0.4, 0.5) is 4.79 Å². The summed E-state index contributed by atoms with van der Waals surface area (Å²) in [6.07, 6.45) is 5.93. The van der Waals surface area contributed by atoms with Gasteiger partial charge in [0, 0.05) is 35.4 Å². The molecule has 10 nitrogen and oxygen atoms in total. The summed E-state index contributed by atoms with van der Waals surface area (Å²) >= 11 is 0. The summed E-state index contributed by atoms with van der Waals surface area (Å²) in [6, 6.07) is 16.4. The highest BCUT2D eigenvalue weighted by molar-refractivity contribution is 5.95. The summed E-state index contributed by atoms with van der Waals surface area (Å²) in [6.45, 7) is 2.36. The van der Waals surface area contributed by atoms with Crippen molar-refractivity contribution in [1.29, 1.82) is 0 Å². The van der Waals surface area contributed by atoms with E-state index in [2.05, 4.69) is 5.32 Å². The molecular weight excluding hydrogens is 562 g/mol. The minimum absolute atomic E-state index is 0.146. The average molecular weight is 600 g/mol. The Labute approximate surface area is 256 Å². The predicted molar refractivity (Wildman–Crippen MR) is 163 cm³/mol. The van der Waals surface area contributed by atoms with Crippen LogP contribution in [-0.4, -0.2) is 72.4 Å². The molecule has 3 aromatic rings. The number of methoxy groups -OCH3 is 1. The number of benzene rings is 2. The van der Waals surface area contributed by atoms with Crippen molar-refractivity contribution in [3.05, 3.63) is 66.7 Å². The summed E-state index contributed by atoms with van der Waals surface area (Å²) in [5.74, 6) is 0.210. The van der Waals surface area contributed by atoms with E-state index >= 15 is 0 Å². The van der Waals surface area contributed by atoms with Crippen molar-refractivity contribution in [1.82, 2.24) is 15.2 Å². The Kier molecular flexibility index (Phi) is 8.41. The predicted octanol–water partition coefficient (Wildman–Crippen LogP) is 5.05. The van der Waals surface area contributed by atoms with E-state index in [0.29, 0.717) is 29.9 Å². The van der Waals surface area contributed by atoms with Crippen molar-refractivity contribution in [3.63, 3.8) is 0 Å². The number of cyclic esters (lactones) is 1. The molecule has 10 heteroatoms. The lowest BCUT2D eigenvalue weighted by atomic mass is 10.1. The van der Waals surface area contributed by atoms with Gasteiger partial charge in [0.05, 0.1) is 38.1 Å². The normalized spacial score (nSPS) is 25.2. The second kappa shape index (κ2) is 12.6. The highest BCUT2D eigenvalue weighted by Gasteiger charge is 2.62. The molecule has 1 aliphatic carbocycles. The van der Waals surface area contributed by atoms with Crippen LogP contribution in [0.15, 0.2) is 66.7 Å². The van der Waals surface area contributed by atoms with Gasteiger partial charge in [0.2, 0.25) is 5.91 Å². The molecule has 0 bridgehead atoms. The number of hydrogen-bond donors (Lipinski definition) is 1. The van der Waals surface area contributed by atoms with Gasteiger partial charge in [-0.3, -0.25) is 9.69 Å². The van der Waals surface area contributed by atoms with Crippen LogP contribution in [0.2, 0.25) is 0 Å². The van der Waals surface area contributed by atoms with Crippen LogP contribution < -0.4 is 14.8 Å². The highest BCUT2D eigenvalue weighted by Crippen LogP contribution is 2.46. The zero-order chi connectivity index (χ0) is 30.7. The maximum atomic E-state index is 13.8. The van der Waals surface area contributed by atoms with Crippen LogP contribution in [-0.2, 0) is 19.1 Å². The van der Waals surface area contributed by atoms with Crippen LogP contribution in [0.5, 0.6) is 11.5 Å². The average Bonchev–Trinajstić information content (AvgIpc) is 3.57. The maximum Gasteiger partial charge on any atom is 0.410 e. The van der Waals surface area contributed by atoms with E-state index in [1.54, 1.807) is 14.0 Å². The highest BCUT2D eigenvalue weighted by atomic mass is 16.6. The number of allylic oxidation sites excluding steroid dienone is 1. The summed E-state index contributed by atoms with van der Waals surface area (Å²) in [5.41, 5.74) is 1.21. The van der Waals surface area contributed by atoms with E-state index in [4.69, 9.17) is 23.9 Å². The van der Waals surface area contributed by atoms with E-state index in [0.717, 1.165) is 29.5 Å². The van der Waals surface area contributed by atoms with E-state index in [9.17, 15) is 14.4 Å².